The summed E-state index contributed by atoms with van der Waals surface area (Å²) in [5.41, 5.74) is 5.46. The van der Waals surface area contributed by atoms with Crippen LogP contribution in [0.3, 0.4) is 0 Å². The number of hydrogen-bond acceptors (Lipinski definition) is 3. The molecule has 0 aromatic carbocycles. The number of rotatable bonds is 4. The Hall–Kier alpha value is -0.320. The number of carbonyl (C=O) groups excluding carboxylic acids is 1. The van der Waals surface area contributed by atoms with E-state index in [4.69, 9.17) is 5.73 Å². The van der Waals surface area contributed by atoms with Gasteiger partial charge in [0.25, 0.3) is 0 Å². The van der Waals surface area contributed by atoms with Gasteiger partial charge in [-0.3, -0.25) is 9.69 Å². The smallest absolute Gasteiger partial charge is 0.223 e. The molecule has 124 valence electrons. The summed E-state index contributed by atoms with van der Waals surface area (Å²) >= 11 is 0. The molecule has 1 saturated carbocycles. The van der Waals surface area contributed by atoms with E-state index in [-0.39, 0.29) is 18.3 Å². The van der Waals surface area contributed by atoms with Gasteiger partial charge in [-0.2, -0.15) is 0 Å². The van der Waals surface area contributed by atoms with E-state index in [0.717, 1.165) is 44.1 Å². The molecule has 0 aromatic heterocycles. The Bertz CT molecular complexity index is 309. The van der Waals surface area contributed by atoms with Crippen LogP contribution in [0.15, 0.2) is 0 Å². The first kappa shape index (κ1) is 18.7. The van der Waals surface area contributed by atoms with Crippen LogP contribution >= 0.6 is 12.4 Å². The van der Waals surface area contributed by atoms with E-state index in [0.29, 0.717) is 13.0 Å². The average Bonchev–Trinajstić information content (AvgIpc) is 2.48. The minimum absolute atomic E-state index is 0. The highest BCUT2D eigenvalue weighted by molar-refractivity contribution is 5.85. The number of halogens is 1. The molecule has 0 atom stereocenters. The standard InChI is InChI=1S/C16H31N3O.ClH/c1-13(2)14-3-5-15(6-4-14)18-9-11-19(12-10-18)16(20)7-8-17;/h13-15H,3-12,17H2,1-2H3;1H. The summed E-state index contributed by atoms with van der Waals surface area (Å²) in [5, 5.41) is 0. The lowest BCUT2D eigenvalue weighted by atomic mass is 9.79. The van der Waals surface area contributed by atoms with Gasteiger partial charge in [0.1, 0.15) is 0 Å². The molecule has 2 fully saturated rings. The lowest BCUT2D eigenvalue weighted by molar-refractivity contribution is -0.133. The predicted molar refractivity (Wildman–Crippen MR) is 89.7 cm³/mol. The molecule has 1 saturated heterocycles. The van der Waals surface area contributed by atoms with Crippen molar-refractivity contribution < 1.29 is 4.79 Å². The van der Waals surface area contributed by atoms with Gasteiger partial charge in [0.15, 0.2) is 0 Å². The van der Waals surface area contributed by atoms with Crippen LogP contribution in [0, 0.1) is 11.8 Å². The fourth-order valence-electron chi connectivity index (χ4n) is 3.75. The summed E-state index contributed by atoms with van der Waals surface area (Å²) in [6.45, 7) is 9.06. The third kappa shape index (κ3) is 5.11. The van der Waals surface area contributed by atoms with E-state index in [1.54, 1.807) is 0 Å². The molecule has 2 aliphatic rings. The molecule has 0 bridgehead atoms. The van der Waals surface area contributed by atoms with E-state index < -0.39 is 0 Å². The number of piperazine rings is 1. The third-order valence-electron chi connectivity index (χ3n) is 5.23. The lowest BCUT2D eigenvalue weighted by Crippen LogP contribution is -2.52. The Balaban J connectivity index is 0.00000220. The van der Waals surface area contributed by atoms with Gasteiger partial charge in [-0.05, 0) is 37.5 Å². The molecule has 0 radical (unpaired) electrons. The molecule has 1 aliphatic heterocycles. The molecule has 1 aliphatic carbocycles. The molecule has 21 heavy (non-hydrogen) atoms. The number of nitrogens with two attached hydrogens (primary N) is 1. The summed E-state index contributed by atoms with van der Waals surface area (Å²) in [4.78, 5) is 16.4. The Morgan fingerprint density at radius 1 is 1.10 bits per heavy atom. The third-order valence-corrected chi connectivity index (χ3v) is 5.23. The Morgan fingerprint density at radius 3 is 2.14 bits per heavy atom. The van der Waals surface area contributed by atoms with Crippen LogP contribution in [0.1, 0.15) is 46.0 Å². The Labute approximate surface area is 135 Å². The zero-order valence-corrected chi connectivity index (χ0v) is 14.4. The van der Waals surface area contributed by atoms with Gasteiger partial charge in [0.05, 0.1) is 0 Å². The molecule has 1 amide bonds. The second kappa shape index (κ2) is 8.96. The second-order valence-corrected chi connectivity index (χ2v) is 6.77. The lowest BCUT2D eigenvalue weighted by Gasteiger charge is -2.42. The fourth-order valence-corrected chi connectivity index (χ4v) is 3.75. The normalized spacial score (nSPS) is 27.5. The van der Waals surface area contributed by atoms with Crippen molar-refractivity contribution in [3.8, 4) is 0 Å². The van der Waals surface area contributed by atoms with Crippen LogP contribution in [-0.2, 0) is 4.79 Å². The van der Waals surface area contributed by atoms with Gasteiger partial charge >= 0.3 is 0 Å². The fraction of sp³-hybridized carbons (Fsp3) is 0.938. The zero-order valence-electron chi connectivity index (χ0n) is 13.6. The van der Waals surface area contributed by atoms with Crippen molar-refractivity contribution in [2.75, 3.05) is 32.7 Å². The summed E-state index contributed by atoms with van der Waals surface area (Å²) < 4.78 is 0. The second-order valence-electron chi connectivity index (χ2n) is 6.77. The minimum Gasteiger partial charge on any atom is -0.340 e. The maximum absolute atomic E-state index is 11.8. The van der Waals surface area contributed by atoms with E-state index in [9.17, 15) is 4.79 Å². The molecule has 0 spiro atoms. The quantitative estimate of drug-likeness (QED) is 0.864. The molecular weight excluding hydrogens is 286 g/mol. The molecule has 0 aromatic rings. The van der Waals surface area contributed by atoms with Crippen LogP contribution in [0.2, 0.25) is 0 Å². The molecule has 0 unspecified atom stereocenters. The first-order valence-corrected chi connectivity index (χ1v) is 8.33. The number of nitrogens with zero attached hydrogens (tertiary/aromatic N) is 2. The first-order chi connectivity index (χ1) is 9.61. The van der Waals surface area contributed by atoms with Gasteiger partial charge in [-0.1, -0.05) is 13.8 Å². The Morgan fingerprint density at radius 2 is 1.67 bits per heavy atom. The molecular formula is C16H32ClN3O. The average molecular weight is 318 g/mol. The topological polar surface area (TPSA) is 49.6 Å². The minimum atomic E-state index is 0. The predicted octanol–water partition coefficient (Wildman–Crippen LogP) is 2.12. The number of hydrogen-bond donors (Lipinski definition) is 1. The van der Waals surface area contributed by atoms with Crippen molar-refractivity contribution in [3.05, 3.63) is 0 Å². The summed E-state index contributed by atoms with van der Waals surface area (Å²) in [7, 11) is 0. The van der Waals surface area contributed by atoms with Crippen molar-refractivity contribution >= 4 is 18.3 Å². The van der Waals surface area contributed by atoms with Crippen molar-refractivity contribution in [3.63, 3.8) is 0 Å². The van der Waals surface area contributed by atoms with E-state index in [1.807, 2.05) is 4.90 Å². The van der Waals surface area contributed by atoms with Crippen LogP contribution in [0.5, 0.6) is 0 Å². The van der Waals surface area contributed by atoms with E-state index in [1.165, 1.54) is 25.7 Å². The van der Waals surface area contributed by atoms with Crippen LogP contribution in [-0.4, -0.2) is 54.5 Å². The number of carbonyl (C=O) groups is 1. The summed E-state index contributed by atoms with van der Waals surface area (Å²) in [6.07, 6.45) is 5.96. The van der Waals surface area contributed by atoms with Crippen LogP contribution < -0.4 is 5.73 Å². The zero-order chi connectivity index (χ0) is 14.5. The van der Waals surface area contributed by atoms with E-state index in [2.05, 4.69) is 18.7 Å². The van der Waals surface area contributed by atoms with Crippen LogP contribution in [0.25, 0.3) is 0 Å². The molecule has 1 heterocycles. The molecule has 2 rings (SSSR count). The monoisotopic (exact) mass is 317 g/mol. The van der Waals surface area contributed by atoms with Crippen molar-refractivity contribution in [2.45, 2.75) is 52.0 Å². The van der Waals surface area contributed by atoms with E-state index >= 15 is 0 Å². The molecule has 5 heteroatoms. The molecule has 4 nitrogen and oxygen atoms in total. The van der Waals surface area contributed by atoms with Crippen molar-refractivity contribution in [2.24, 2.45) is 17.6 Å². The molecule has 2 N–H and O–H groups in total. The SMILES string of the molecule is CC(C)C1CCC(N2CCN(C(=O)CCN)CC2)CC1.Cl. The Kier molecular flexibility index (Phi) is 7.99. The summed E-state index contributed by atoms with van der Waals surface area (Å²) in [6, 6.07) is 0.761. The van der Waals surface area contributed by atoms with Gasteiger partial charge < -0.3 is 10.6 Å². The summed E-state index contributed by atoms with van der Waals surface area (Å²) in [5.74, 6) is 2.00. The largest absolute Gasteiger partial charge is 0.340 e. The van der Waals surface area contributed by atoms with Gasteiger partial charge in [0.2, 0.25) is 5.91 Å². The first-order valence-electron chi connectivity index (χ1n) is 8.33. The highest BCUT2D eigenvalue weighted by Gasteiger charge is 2.29. The maximum Gasteiger partial charge on any atom is 0.223 e. The van der Waals surface area contributed by atoms with Gasteiger partial charge in [-0.25, -0.2) is 0 Å². The highest BCUT2D eigenvalue weighted by atomic mass is 35.5. The van der Waals surface area contributed by atoms with Gasteiger partial charge in [-0.15, -0.1) is 12.4 Å². The van der Waals surface area contributed by atoms with Gasteiger partial charge in [0, 0.05) is 45.2 Å². The number of amides is 1. The van der Waals surface area contributed by atoms with Crippen molar-refractivity contribution in [1.82, 2.24) is 9.80 Å². The highest BCUT2D eigenvalue weighted by Crippen LogP contribution is 2.32. The van der Waals surface area contributed by atoms with Crippen LogP contribution in [0.4, 0.5) is 0 Å². The van der Waals surface area contributed by atoms with Crippen molar-refractivity contribution in [1.29, 1.82) is 0 Å². The maximum atomic E-state index is 11.8.